The predicted octanol–water partition coefficient (Wildman–Crippen LogP) is -5.75. The third-order valence-electron chi connectivity index (χ3n) is 3.91. The summed E-state index contributed by atoms with van der Waals surface area (Å²) in [6.07, 6.45) is 0. The van der Waals surface area contributed by atoms with Gasteiger partial charge in [0.1, 0.15) is 23.5 Å². The molecule has 0 radical (unpaired) electrons. The Labute approximate surface area is 135 Å². The van der Waals surface area contributed by atoms with Gasteiger partial charge < -0.3 is 0 Å². The van der Waals surface area contributed by atoms with Crippen molar-refractivity contribution in [1.82, 2.24) is 9.13 Å². The molecule has 0 saturated carbocycles. The maximum Gasteiger partial charge on any atom is 0.330 e. The standard InChI is InChI=1S/C8H18B7N3O2S/c1-15(7(9,10)11)21-18-3-4(18)17(8(12,13)14)6(20)16(2)5(3)19/h9-14H2,1-2H3. The molecule has 5 nitrogen and oxygen atoms in total. The van der Waals surface area contributed by atoms with Gasteiger partial charge >= 0.3 is 5.69 Å². The minimum absolute atomic E-state index is 0.128. The molecule has 0 atom stereocenters. The van der Waals surface area contributed by atoms with E-state index in [1.165, 1.54) is 4.57 Å². The zero-order valence-corrected chi connectivity index (χ0v) is 15.0. The van der Waals surface area contributed by atoms with E-state index < -0.39 is 0 Å². The number of anilines is 2. The van der Waals surface area contributed by atoms with Crippen LogP contribution >= 0.6 is 11.8 Å². The first-order valence-corrected chi connectivity index (χ1v) is 8.04. The van der Waals surface area contributed by atoms with Gasteiger partial charge in [0.2, 0.25) is 5.99 Å². The van der Waals surface area contributed by atoms with E-state index in [4.69, 9.17) is 0 Å². The fourth-order valence-corrected chi connectivity index (χ4v) is 3.16. The monoisotopic (exact) mass is 297 g/mol. The van der Waals surface area contributed by atoms with Crippen molar-refractivity contribution in [2.24, 2.45) is 7.05 Å². The Morgan fingerprint density at radius 2 is 1.62 bits per heavy atom. The van der Waals surface area contributed by atoms with Crippen molar-refractivity contribution in [3.63, 3.8) is 0 Å². The summed E-state index contributed by atoms with van der Waals surface area (Å²) in [6.45, 7) is 2.15. The van der Waals surface area contributed by atoms with Crippen LogP contribution in [0.5, 0.6) is 0 Å². The topological polar surface area (TPSA) is 47.0 Å². The highest BCUT2D eigenvalue weighted by Gasteiger charge is 2.44. The SMILES string of the molecule is BC(B)(B)B(C)SN1c2c1n(C(B)(B)B)c(=O)n(C)c2=O. The molecule has 0 unspecified atom stereocenters. The highest BCUT2D eigenvalue weighted by Crippen LogP contribution is 2.51. The lowest BCUT2D eigenvalue weighted by atomic mass is 9.24. The molecule has 0 aliphatic carbocycles. The van der Waals surface area contributed by atoms with Crippen LogP contribution in [0.3, 0.4) is 0 Å². The number of fused-ring (bicyclic) bond motifs is 1. The van der Waals surface area contributed by atoms with E-state index in [2.05, 4.69) is 30.4 Å². The Bertz CT molecular complexity index is 704. The van der Waals surface area contributed by atoms with Gasteiger partial charge in [0.05, 0.1) is 23.5 Å². The van der Waals surface area contributed by atoms with E-state index in [-0.39, 0.29) is 21.5 Å². The molecule has 104 valence electrons. The third kappa shape index (κ3) is 2.81. The molecule has 2 heterocycles. The maximum absolute atomic E-state index is 12.4. The summed E-state index contributed by atoms with van der Waals surface area (Å²) < 4.78 is 4.84. The van der Waals surface area contributed by atoms with Crippen molar-refractivity contribution in [3.05, 3.63) is 20.8 Å². The number of hydrogen-bond acceptors (Lipinski definition) is 4. The fourth-order valence-electron chi connectivity index (χ4n) is 2.03. The second-order valence-corrected chi connectivity index (χ2v) is 9.02. The third-order valence-corrected chi connectivity index (χ3v) is 5.50. The van der Waals surface area contributed by atoms with Crippen LogP contribution in [0.15, 0.2) is 9.59 Å². The molecule has 13 heteroatoms. The lowest BCUT2D eigenvalue weighted by Crippen LogP contribution is -2.47. The maximum atomic E-state index is 12.4. The summed E-state index contributed by atoms with van der Waals surface area (Å²) in [7, 11) is 14.0. The average Bonchev–Trinajstić information content (AvgIpc) is 2.97. The molecule has 2 rings (SSSR count). The second-order valence-electron chi connectivity index (χ2n) is 7.73. The van der Waals surface area contributed by atoms with E-state index in [1.54, 1.807) is 23.4 Å². The van der Waals surface area contributed by atoms with E-state index in [0.29, 0.717) is 11.7 Å². The van der Waals surface area contributed by atoms with E-state index in [0.717, 1.165) is 5.82 Å². The minimum Gasteiger partial charge on any atom is -0.295 e. The highest BCUT2D eigenvalue weighted by atomic mass is 32.2. The molecule has 1 aliphatic heterocycles. The zero-order valence-electron chi connectivity index (χ0n) is 14.1. The number of hydrogen-bond donors (Lipinski definition) is 0. The Morgan fingerprint density at radius 1 is 1.10 bits per heavy atom. The molecule has 1 aromatic heterocycles. The zero-order chi connectivity index (χ0) is 16.3. The molecular weight excluding hydrogens is 278 g/mol. The molecule has 0 aromatic carbocycles. The summed E-state index contributed by atoms with van der Waals surface area (Å²) >= 11 is 1.62. The van der Waals surface area contributed by atoms with E-state index in [1.807, 2.05) is 27.8 Å². The predicted molar refractivity (Wildman–Crippen MR) is 109 cm³/mol. The second kappa shape index (κ2) is 4.90. The first-order valence-electron chi connectivity index (χ1n) is 7.21. The largest absolute Gasteiger partial charge is 0.330 e. The van der Waals surface area contributed by atoms with Crippen molar-refractivity contribution in [1.29, 1.82) is 0 Å². The van der Waals surface area contributed by atoms with Crippen LogP contribution < -0.4 is 15.6 Å². The molecule has 0 N–H and O–H groups in total. The lowest BCUT2D eigenvalue weighted by molar-refractivity contribution is 0.661. The molecule has 0 bridgehead atoms. The van der Waals surface area contributed by atoms with Crippen molar-refractivity contribution in [2.45, 2.75) is 17.1 Å². The van der Waals surface area contributed by atoms with E-state index >= 15 is 0 Å². The number of nitrogens with zero attached hydrogens (tertiary/aromatic N) is 3. The minimum atomic E-state index is -0.354. The van der Waals surface area contributed by atoms with Crippen LogP contribution in [0.25, 0.3) is 0 Å². The fraction of sp³-hybridized carbons (Fsp3) is 0.500. The van der Waals surface area contributed by atoms with Gasteiger partial charge in [0.15, 0.2) is 11.5 Å². The van der Waals surface area contributed by atoms with Crippen LogP contribution in [-0.4, -0.2) is 62.2 Å². The Balaban J connectivity index is 2.49. The van der Waals surface area contributed by atoms with Crippen molar-refractivity contribution in [3.8, 4) is 0 Å². The summed E-state index contributed by atoms with van der Waals surface area (Å²) in [5.74, 6) is 1.09. The Hall–Kier alpha value is -0.715. The molecule has 0 amide bonds. The quantitative estimate of drug-likeness (QED) is 0.316. The van der Waals surface area contributed by atoms with Crippen LogP contribution in [0.1, 0.15) is 0 Å². The normalized spacial score (nSPS) is 13.9. The molecule has 21 heavy (non-hydrogen) atoms. The Morgan fingerprint density at radius 3 is 2.05 bits per heavy atom. The van der Waals surface area contributed by atoms with Crippen LogP contribution in [0.2, 0.25) is 11.8 Å². The van der Waals surface area contributed by atoms with Gasteiger partial charge in [-0.15, -0.1) is 5.01 Å². The molecule has 0 fully saturated rings. The van der Waals surface area contributed by atoms with Crippen LogP contribution in [0.4, 0.5) is 11.5 Å². The molecule has 0 spiro atoms. The Kier molecular flexibility index (Phi) is 3.88. The molecule has 0 saturated heterocycles. The summed E-state index contributed by atoms with van der Waals surface area (Å²) in [6, 6.07) is 0. The number of rotatable bonds is 4. The van der Waals surface area contributed by atoms with Crippen LogP contribution in [0, 0.1) is 0 Å². The summed E-state index contributed by atoms with van der Waals surface area (Å²) in [5, 5.41) is -0.226. The van der Waals surface area contributed by atoms with Crippen molar-refractivity contribution >= 4 is 76.4 Å². The molecular formula is C8H18B7N3O2S. The molecule has 1 aliphatic rings. The van der Waals surface area contributed by atoms with Gasteiger partial charge in [-0.25, -0.2) is 4.79 Å². The van der Waals surface area contributed by atoms with Gasteiger partial charge in [-0.2, -0.15) is 0 Å². The van der Waals surface area contributed by atoms with E-state index in [9.17, 15) is 9.59 Å². The first kappa shape index (κ1) is 16.7. The van der Waals surface area contributed by atoms with Crippen LogP contribution in [-0.2, 0) is 12.3 Å². The lowest BCUT2D eigenvalue weighted by Gasteiger charge is -2.25. The van der Waals surface area contributed by atoms with Gasteiger partial charge in [0.25, 0.3) is 5.56 Å². The molecule has 1 aromatic rings. The van der Waals surface area contributed by atoms with Crippen molar-refractivity contribution < 1.29 is 0 Å². The first-order chi connectivity index (χ1) is 9.37. The van der Waals surface area contributed by atoms with Gasteiger partial charge in [0, 0.05) is 7.05 Å². The number of aromatic nitrogens is 2. The average molecular weight is 296 g/mol. The smallest absolute Gasteiger partial charge is 0.295 e. The highest BCUT2D eigenvalue weighted by molar-refractivity contribution is 8.27. The van der Waals surface area contributed by atoms with Crippen molar-refractivity contribution in [2.75, 3.05) is 4.31 Å². The summed E-state index contributed by atoms with van der Waals surface area (Å²) in [4.78, 5) is 24.7. The van der Waals surface area contributed by atoms with Gasteiger partial charge in [-0.3, -0.25) is 18.2 Å². The van der Waals surface area contributed by atoms with Gasteiger partial charge in [-0.1, -0.05) is 18.6 Å². The summed E-state index contributed by atoms with van der Waals surface area (Å²) in [5.41, 5.74) is 0.190. The van der Waals surface area contributed by atoms with Gasteiger partial charge in [-0.05, 0) is 5.24 Å².